The minimum Gasteiger partial charge on any atom is -0.388 e. The normalized spacial score (nSPS) is 18.6. The fourth-order valence-corrected chi connectivity index (χ4v) is 2.73. The van der Waals surface area contributed by atoms with Gasteiger partial charge < -0.3 is 10.4 Å². The molecular formula is C12H16ClN5O. The lowest BCUT2D eigenvalue weighted by molar-refractivity contribution is 0.0166. The number of hydrogen-bond acceptors (Lipinski definition) is 5. The van der Waals surface area contributed by atoms with Crippen LogP contribution in [0.1, 0.15) is 32.1 Å². The lowest BCUT2D eigenvalue weighted by atomic mass is 9.85. The maximum atomic E-state index is 10.5. The molecule has 2 aromatic heterocycles. The molecule has 0 bridgehead atoms. The van der Waals surface area contributed by atoms with Crippen LogP contribution in [-0.4, -0.2) is 36.8 Å². The number of anilines is 1. The van der Waals surface area contributed by atoms with Gasteiger partial charge >= 0.3 is 0 Å². The summed E-state index contributed by atoms with van der Waals surface area (Å²) in [6.07, 6.45) is 6.45. The predicted molar refractivity (Wildman–Crippen MR) is 72.3 cm³/mol. The van der Waals surface area contributed by atoms with Gasteiger partial charge in [0.1, 0.15) is 17.3 Å². The zero-order chi connectivity index (χ0) is 13.3. The number of nitrogens with one attached hydrogen (secondary N) is 1. The number of nitrogens with zero attached hydrogens (tertiary/aromatic N) is 4. The molecule has 2 heterocycles. The van der Waals surface area contributed by atoms with Crippen LogP contribution in [-0.2, 0) is 0 Å². The van der Waals surface area contributed by atoms with Gasteiger partial charge in [-0.1, -0.05) is 30.9 Å². The second-order valence-electron chi connectivity index (χ2n) is 5.07. The van der Waals surface area contributed by atoms with E-state index in [2.05, 4.69) is 20.4 Å². The monoisotopic (exact) mass is 281 g/mol. The lowest BCUT2D eigenvalue weighted by Gasteiger charge is -2.32. The van der Waals surface area contributed by atoms with Gasteiger partial charge in [0.15, 0.2) is 0 Å². The van der Waals surface area contributed by atoms with E-state index in [4.69, 9.17) is 11.6 Å². The van der Waals surface area contributed by atoms with E-state index in [-0.39, 0.29) is 0 Å². The van der Waals surface area contributed by atoms with E-state index in [0.29, 0.717) is 23.3 Å². The third-order valence-electron chi connectivity index (χ3n) is 3.60. The smallest absolute Gasteiger partial charge is 0.255 e. The minimum atomic E-state index is -0.638. The van der Waals surface area contributed by atoms with E-state index in [9.17, 15) is 5.11 Å². The summed E-state index contributed by atoms with van der Waals surface area (Å²) in [5, 5.41) is 18.1. The first-order valence-electron chi connectivity index (χ1n) is 6.49. The summed E-state index contributed by atoms with van der Waals surface area (Å²) in [6.45, 7) is 0.488. The van der Waals surface area contributed by atoms with Crippen molar-refractivity contribution >= 4 is 23.2 Å². The maximum absolute atomic E-state index is 10.5. The molecule has 2 N–H and O–H groups in total. The second-order valence-corrected chi connectivity index (χ2v) is 5.46. The highest BCUT2D eigenvalue weighted by Gasteiger charge is 2.29. The number of aromatic nitrogens is 4. The summed E-state index contributed by atoms with van der Waals surface area (Å²) in [4.78, 5) is 8.07. The van der Waals surface area contributed by atoms with Gasteiger partial charge in [-0.2, -0.15) is 19.6 Å². The van der Waals surface area contributed by atoms with Crippen LogP contribution in [0.3, 0.4) is 0 Å². The number of hydrogen-bond donors (Lipinski definition) is 2. The molecule has 0 saturated heterocycles. The molecule has 0 unspecified atom stereocenters. The van der Waals surface area contributed by atoms with Crippen molar-refractivity contribution in [1.29, 1.82) is 0 Å². The molecule has 2 aromatic rings. The van der Waals surface area contributed by atoms with E-state index < -0.39 is 5.60 Å². The quantitative estimate of drug-likeness (QED) is 0.840. The van der Waals surface area contributed by atoms with Crippen LogP contribution in [0.2, 0.25) is 5.15 Å². The van der Waals surface area contributed by atoms with Crippen molar-refractivity contribution in [2.45, 2.75) is 37.7 Å². The Bertz CT molecular complexity index is 579. The fraction of sp³-hybridized carbons (Fsp3) is 0.583. The molecule has 0 spiro atoms. The molecule has 19 heavy (non-hydrogen) atoms. The zero-order valence-electron chi connectivity index (χ0n) is 10.5. The minimum absolute atomic E-state index is 0.360. The topological polar surface area (TPSA) is 75.3 Å². The summed E-state index contributed by atoms with van der Waals surface area (Å²) in [7, 11) is 0. The Morgan fingerprint density at radius 3 is 2.95 bits per heavy atom. The van der Waals surface area contributed by atoms with Gasteiger partial charge in [0.2, 0.25) is 0 Å². The summed E-state index contributed by atoms with van der Waals surface area (Å²) in [5.41, 5.74) is -0.638. The van der Waals surface area contributed by atoms with E-state index in [1.165, 1.54) is 12.7 Å². The molecular weight excluding hydrogens is 266 g/mol. The Labute approximate surface area is 115 Å². The van der Waals surface area contributed by atoms with Gasteiger partial charge in [-0.3, -0.25) is 0 Å². The van der Waals surface area contributed by atoms with Crippen LogP contribution in [0.4, 0.5) is 5.82 Å². The Morgan fingerprint density at radius 2 is 2.16 bits per heavy atom. The number of aliphatic hydroxyl groups is 1. The molecule has 102 valence electrons. The molecule has 0 aliphatic heterocycles. The fourth-order valence-electron chi connectivity index (χ4n) is 2.55. The SMILES string of the molecule is OC1(CNc2cc(Cl)nc3ncnn23)CCCCC1. The Hall–Kier alpha value is -1.40. The summed E-state index contributed by atoms with van der Waals surface area (Å²) in [5.74, 6) is 1.15. The van der Waals surface area contributed by atoms with Gasteiger partial charge in [0, 0.05) is 12.6 Å². The zero-order valence-corrected chi connectivity index (χ0v) is 11.3. The van der Waals surface area contributed by atoms with Crippen molar-refractivity contribution in [2.75, 3.05) is 11.9 Å². The van der Waals surface area contributed by atoms with Crippen molar-refractivity contribution in [3.05, 3.63) is 17.5 Å². The van der Waals surface area contributed by atoms with Crippen LogP contribution in [0, 0.1) is 0 Å². The van der Waals surface area contributed by atoms with Gasteiger partial charge in [-0.15, -0.1) is 0 Å². The number of rotatable bonds is 3. The average molecular weight is 282 g/mol. The molecule has 3 rings (SSSR count). The molecule has 1 saturated carbocycles. The Morgan fingerprint density at radius 1 is 1.37 bits per heavy atom. The van der Waals surface area contributed by atoms with Crippen molar-refractivity contribution in [2.24, 2.45) is 0 Å². The van der Waals surface area contributed by atoms with Crippen LogP contribution in [0.15, 0.2) is 12.4 Å². The van der Waals surface area contributed by atoms with Crippen LogP contribution in [0.5, 0.6) is 0 Å². The van der Waals surface area contributed by atoms with E-state index in [0.717, 1.165) is 25.7 Å². The van der Waals surface area contributed by atoms with Crippen molar-refractivity contribution in [3.8, 4) is 0 Å². The predicted octanol–water partition coefficient (Wildman–Crippen LogP) is 1.88. The summed E-state index contributed by atoms with van der Waals surface area (Å²) < 4.78 is 1.58. The van der Waals surface area contributed by atoms with Gasteiger partial charge in [0.05, 0.1) is 5.60 Å². The van der Waals surface area contributed by atoms with E-state index in [1.807, 2.05) is 0 Å². The number of fused-ring (bicyclic) bond motifs is 1. The average Bonchev–Trinajstić information content (AvgIpc) is 2.85. The Balaban J connectivity index is 1.79. The molecule has 0 aromatic carbocycles. The van der Waals surface area contributed by atoms with Crippen molar-refractivity contribution in [3.63, 3.8) is 0 Å². The highest BCUT2D eigenvalue weighted by molar-refractivity contribution is 6.29. The highest BCUT2D eigenvalue weighted by atomic mass is 35.5. The van der Waals surface area contributed by atoms with Gasteiger partial charge in [0.25, 0.3) is 5.78 Å². The summed E-state index contributed by atoms with van der Waals surface area (Å²) >= 11 is 5.94. The molecule has 1 aliphatic carbocycles. The Kier molecular flexibility index (Phi) is 3.28. The molecule has 7 heteroatoms. The van der Waals surface area contributed by atoms with Crippen LogP contribution in [0.25, 0.3) is 5.78 Å². The molecule has 1 aliphatic rings. The maximum Gasteiger partial charge on any atom is 0.255 e. The molecule has 6 nitrogen and oxygen atoms in total. The first-order valence-corrected chi connectivity index (χ1v) is 6.87. The first-order chi connectivity index (χ1) is 9.16. The third-order valence-corrected chi connectivity index (χ3v) is 3.80. The standard InChI is InChI=1S/C12H16ClN5O/c13-9-6-10(18-11(17-9)15-8-16-18)14-7-12(19)4-2-1-3-5-12/h6,8,14,19H,1-5,7H2. The number of halogens is 1. The summed E-state index contributed by atoms with van der Waals surface area (Å²) in [6, 6.07) is 1.69. The highest BCUT2D eigenvalue weighted by Crippen LogP contribution is 2.28. The van der Waals surface area contributed by atoms with E-state index in [1.54, 1.807) is 10.6 Å². The first kappa shape index (κ1) is 12.6. The largest absolute Gasteiger partial charge is 0.388 e. The van der Waals surface area contributed by atoms with Gasteiger partial charge in [-0.05, 0) is 12.8 Å². The molecule has 0 amide bonds. The molecule has 1 fully saturated rings. The molecule has 0 atom stereocenters. The van der Waals surface area contributed by atoms with E-state index >= 15 is 0 Å². The lowest BCUT2D eigenvalue weighted by Crippen LogP contribution is -2.39. The van der Waals surface area contributed by atoms with Crippen molar-refractivity contribution in [1.82, 2.24) is 19.6 Å². The van der Waals surface area contributed by atoms with Gasteiger partial charge in [-0.25, -0.2) is 0 Å². The second kappa shape index (κ2) is 4.94. The van der Waals surface area contributed by atoms with Crippen LogP contribution < -0.4 is 5.32 Å². The third kappa shape index (κ3) is 2.64. The molecule has 0 radical (unpaired) electrons. The van der Waals surface area contributed by atoms with Crippen LogP contribution >= 0.6 is 11.6 Å². The van der Waals surface area contributed by atoms with Crippen molar-refractivity contribution < 1.29 is 5.11 Å².